The molecule has 0 aliphatic carbocycles. The van der Waals surface area contributed by atoms with Crippen LogP contribution in [0.15, 0.2) is 30.5 Å². The largest absolute Gasteiger partial charge is 0.388 e. The second-order valence-electron chi connectivity index (χ2n) is 7.81. The molecule has 0 bridgehead atoms. The number of aliphatic hydroxyl groups is 1. The van der Waals surface area contributed by atoms with E-state index in [1.807, 2.05) is 26.8 Å². The molecule has 0 spiro atoms. The smallest absolute Gasteiger partial charge is 0.181 e. The van der Waals surface area contributed by atoms with E-state index in [1.165, 1.54) is 6.07 Å². The van der Waals surface area contributed by atoms with Crippen molar-refractivity contribution in [2.75, 3.05) is 24.5 Å². The Balaban J connectivity index is 1.67. The van der Waals surface area contributed by atoms with Crippen molar-refractivity contribution in [1.82, 2.24) is 25.5 Å². The summed E-state index contributed by atoms with van der Waals surface area (Å²) < 4.78 is 14.6. The Bertz CT molecular complexity index is 986. The van der Waals surface area contributed by atoms with Crippen molar-refractivity contribution < 1.29 is 9.50 Å². The molecule has 1 aliphatic heterocycles. The highest BCUT2D eigenvalue weighted by atomic mass is 19.1. The zero-order valence-corrected chi connectivity index (χ0v) is 16.3. The van der Waals surface area contributed by atoms with Gasteiger partial charge in [0.25, 0.3) is 0 Å². The number of nitrogens with zero attached hydrogens (tertiary/aromatic N) is 4. The molecule has 0 radical (unpaired) electrons. The van der Waals surface area contributed by atoms with Crippen LogP contribution in [0.2, 0.25) is 0 Å². The van der Waals surface area contributed by atoms with Crippen LogP contribution in [0, 0.1) is 11.7 Å². The molecule has 3 N–H and O–H groups in total. The summed E-state index contributed by atoms with van der Waals surface area (Å²) in [5.74, 6) is 0.360. The standard InChI is InChI=1S/C20H25FN6O/c1-12(2)20(3,28)15-11-27(10-9-22-15)16-7-6-14(21)18(24-16)17-13-5-4-8-23-19(13)26-25-17/h4-8,12,15,22,28H,9-11H2,1-3H3,(H,23,25,26)/t15-,20+/m1/s1. The highest BCUT2D eigenvalue weighted by Gasteiger charge is 2.38. The summed E-state index contributed by atoms with van der Waals surface area (Å²) >= 11 is 0. The zero-order valence-electron chi connectivity index (χ0n) is 16.3. The van der Waals surface area contributed by atoms with Crippen LogP contribution < -0.4 is 10.2 Å². The van der Waals surface area contributed by atoms with Gasteiger partial charge in [-0.15, -0.1) is 0 Å². The summed E-state index contributed by atoms with van der Waals surface area (Å²) in [7, 11) is 0. The van der Waals surface area contributed by atoms with Crippen LogP contribution in [0.3, 0.4) is 0 Å². The van der Waals surface area contributed by atoms with E-state index < -0.39 is 11.4 Å². The number of anilines is 1. The number of fused-ring (bicyclic) bond motifs is 1. The van der Waals surface area contributed by atoms with Crippen molar-refractivity contribution in [2.24, 2.45) is 5.92 Å². The Morgan fingerprint density at radius 1 is 1.32 bits per heavy atom. The number of aromatic amines is 1. The van der Waals surface area contributed by atoms with Crippen LogP contribution in [-0.2, 0) is 0 Å². The summed E-state index contributed by atoms with van der Waals surface area (Å²) in [6.45, 7) is 7.91. The van der Waals surface area contributed by atoms with E-state index in [9.17, 15) is 9.50 Å². The topological polar surface area (TPSA) is 90.0 Å². The van der Waals surface area contributed by atoms with Gasteiger partial charge in [-0.3, -0.25) is 5.10 Å². The van der Waals surface area contributed by atoms with E-state index in [4.69, 9.17) is 0 Å². The molecular formula is C20H25FN6O. The second-order valence-corrected chi connectivity index (χ2v) is 7.81. The minimum Gasteiger partial charge on any atom is -0.388 e. The number of pyridine rings is 2. The molecule has 0 aromatic carbocycles. The van der Waals surface area contributed by atoms with Crippen LogP contribution in [0.1, 0.15) is 20.8 Å². The van der Waals surface area contributed by atoms with Gasteiger partial charge >= 0.3 is 0 Å². The summed E-state index contributed by atoms with van der Waals surface area (Å²) in [6.07, 6.45) is 1.65. The molecule has 1 fully saturated rings. The van der Waals surface area contributed by atoms with Crippen LogP contribution in [0.5, 0.6) is 0 Å². The summed E-state index contributed by atoms with van der Waals surface area (Å²) in [5.41, 5.74) is 0.411. The van der Waals surface area contributed by atoms with E-state index in [0.29, 0.717) is 23.7 Å². The number of H-pyrrole nitrogens is 1. The SMILES string of the molecule is CC(C)[C@](C)(O)[C@H]1CN(c2ccc(F)c(-c3[nH]nc4ncccc34)n2)CCN1. The third kappa shape index (κ3) is 3.22. The van der Waals surface area contributed by atoms with Crippen molar-refractivity contribution in [3.8, 4) is 11.4 Å². The first-order valence-corrected chi connectivity index (χ1v) is 9.54. The maximum Gasteiger partial charge on any atom is 0.181 e. The molecule has 1 aliphatic rings. The van der Waals surface area contributed by atoms with Crippen LogP contribution in [0.25, 0.3) is 22.4 Å². The average molecular weight is 384 g/mol. The van der Waals surface area contributed by atoms with Crippen molar-refractivity contribution in [3.05, 3.63) is 36.3 Å². The van der Waals surface area contributed by atoms with Crippen molar-refractivity contribution in [3.63, 3.8) is 0 Å². The molecule has 3 aromatic heterocycles. The minimum atomic E-state index is -0.854. The molecule has 3 aromatic rings. The van der Waals surface area contributed by atoms with Gasteiger partial charge in [-0.1, -0.05) is 13.8 Å². The molecule has 2 atom stereocenters. The monoisotopic (exact) mass is 384 g/mol. The summed E-state index contributed by atoms with van der Waals surface area (Å²) in [5, 5.41) is 22.0. The third-order valence-electron chi connectivity index (χ3n) is 5.77. The van der Waals surface area contributed by atoms with Gasteiger partial charge in [0.1, 0.15) is 11.5 Å². The molecule has 0 saturated carbocycles. The number of hydrogen-bond acceptors (Lipinski definition) is 6. The molecule has 0 amide bonds. The Hall–Kier alpha value is -2.58. The highest BCUT2D eigenvalue weighted by Crippen LogP contribution is 2.29. The molecule has 4 heterocycles. The fourth-order valence-corrected chi connectivity index (χ4v) is 3.57. The minimum absolute atomic E-state index is 0.102. The first kappa shape index (κ1) is 18.8. The first-order chi connectivity index (χ1) is 13.4. The van der Waals surface area contributed by atoms with E-state index in [-0.39, 0.29) is 17.7 Å². The molecule has 1 saturated heterocycles. The molecule has 148 valence electrons. The Kier molecular flexibility index (Phi) is 4.76. The van der Waals surface area contributed by atoms with Gasteiger partial charge in [0.15, 0.2) is 11.5 Å². The van der Waals surface area contributed by atoms with Gasteiger partial charge in [-0.25, -0.2) is 14.4 Å². The number of hydrogen-bond donors (Lipinski definition) is 3. The number of aromatic nitrogens is 4. The Morgan fingerprint density at radius 3 is 2.93 bits per heavy atom. The third-order valence-corrected chi connectivity index (χ3v) is 5.77. The first-order valence-electron chi connectivity index (χ1n) is 9.54. The van der Waals surface area contributed by atoms with Gasteiger partial charge in [0, 0.05) is 31.2 Å². The van der Waals surface area contributed by atoms with Crippen molar-refractivity contribution >= 4 is 16.9 Å². The van der Waals surface area contributed by atoms with Gasteiger partial charge in [0.2, 0.25) is 0 Å². The lowest BCUT2D eigenvalue weighted by Crippen LogP contribution is -2.62. The normalized spacial score (nSPS) is 19.9. The lowest BCUT2D eigenvalue weighted by molar-refractivity contribution is -0.0231. The Labute approximate surface area is 163 Å². The Morgan fingerprint density at radius 2 is 2.14 bits per heavy atom. The van der Waals surface area contributed by atoms with Gasteiger partial charge in [0.05, 0.1) is 17.3 Å². The van der Waals surface area contributed by atoms with E-state index in [1.54, 1.807) is 18.3 Å². The average Bonchev–Trinajstić information content (AvgIpc) is 3.12. The van der Waals surface area contributed by atoms with Crippen molar-refractivity contribution in [2.45, 2.75) is 32.4 Å². The maximum absolute atomic E-state index is 14.6. The van der Waals surface area contributed by atoms with E-state index in [0.717, 1.165) is 18.5 Å². The molecule has 0 unspecified atom stereocenters. The molecule has 4 rings (SSSR count). The zero-order chi connectivity index (χ0) is 19.9. The van der Waals surface area contributed by atoms with E-state index in [2.05, 4.69) is 30.4 Å². The summed E-state index contributed by atoms with van der Waals surface area (Å²) in [4.78, 5) is 10.9. The van der Waals surface area contributed by atoms with Crippen LogP contribution in [0.4, 0.5) is 10.2 Å². The highest BCUT2D eigenvalue weighted by molar-refractivity contribution is 5.89. The summed E-state index contributed by atoms with van der Waals surface area (Å²) in [6, 6.07) is 6.64. The van der Waals surface area contributed by atoms with Gasteiger partial charge < -0.3 is 15.3 Å². The predicted octanol–water partition coefficient (Wildman–Crippen LogP) is 2.34. The second kappa shape index (κ2) is 7.10. The quantitative estimate of drug-likeness (QED) is 0.640. The van der Waals surface area contributed by atoms with Gasteiger partial charge in [-0.05, 0) is 37.1 Å². The molecule has 28 heavy (non-hydrogen) atoms. The number of halogens is 1. The maximum atomic E-state index is 14.6. The fraction of sp³-hybridized carbons (Fsp3) is 0.450. The van der Waals surface area contributed by atoms with Crippen LogP contribution >= 0.6 is 0 Å². The fourth-order valence-electron chi connectivity index (χ4n) is 3.57. The van der Waals surface area contributed by atoms with E-state index >= 15 is 0 Å². The molecule has 7 nitrogen and oxygen atoms in total. The number of rotatable bonds is 4. The lowest BCUT2D eigenvalue weighted by Gasteiger charge is -2.43. The number of nitrogens with one attached hydrogen (secondary N) is 2. The predicted molar refractivity (Wildman–Crippen MR) is 107 cm³/mol. The van der Waals surface area contributed by atoms with Gasteiger partial charge in [-0.2, -0.15) is 5.10 Å². The van der Waals surface area contributed by atoms with Crippen molar-refractivity contribution in [1.29, 1.82) is 0 Å². The molecular weight excluding hydrogens is 359 g/mol. The number of piperazine rings is 1. The molecule has 8 heteroatoms. The lowest BCUT2D eigenvalue weighted by atomic mass is 9.84. The van der Waals surface area contributed by atoms with Crippen LogP contribution in [-0.4, -0.2) is 56.5 Å².